The van der Waals surface area contributed by atoms with Crippen LogP contribution in [0.5, 0.6) is 0 Å². The van der Waals surface area contributed by atoms with E-state index in [-0.39, 0.29) is 42.6 Å². The number of rotatable bonds is 11. The van der Waals surface area contributed by atoms with Crippen molar-refractivity contribution in [3.8, 4) is 0 Å². The standard InChI is InChI=1S/C34H40N4O6/c1-8-21-20(6)33(42)38-28(21)15-26-18(4)23(10-12-31(39)40)29(36-26)16-30-24(11-13-32(41)44-7)19(5)25(35-30)14-27-17(3)22(9-2)34(43)37-27/h8-9,15-16,20,27,35-36H,2,10-14H2,1,3-7H3,(H,37,43)(H,39,40)/b21-8+,26-15+,29-16+/t20?,27-/m1/s1. The van der Waals surface area contributed by atoms with Gasteiger partial charge in [0.2, 0.25) is 0 Å². The van der Waals surface area contributed by atoms with Gasteiger partial charge in [0.15, 0.2) is 0 Å². The Morgan fingerprint density at radius 3 is 2.34 bits per heavy atom. The molecule has 2 aromatic heterocycles. The number of carbonyl (C=O) groups excluding carboxylic acids is 3. The van der Waals surface area contributed by atoms with Gasteiger partial charge in [-0.3, -0.25) is 19.2 Å². The molecular formula is C34H40N4O6. The van der Waals surface area contributed by atoms with E-state index < -0.39 is 5.97 Å². The van der Waals surface area contributed by atoms with Crippen LogP contribution in [0.15, 0.2) is 40.4 Å². The summed E-state index contributed by atoms with van der Waals surface area (Å²) >= 11 is 0. The number of aromatic amines is 2. The van der Waals surface area contributed by atoms with Gasteiger partial charge in [-0.25, -0.2) is 4.99 Å². The van der Waals surface area contributed by atoms with Gasteiger partial charge in [0, 0.05) is 46.9 Å². The normalized spacial score (nSPS) is 20.1. The van der Waals surface area contributed by atoms with Crippen LogP contribution in [0.1, 0.15) is 67.3 Å². The summed E-state index contributed by atoms with van der Waals surface area (Å²) in [5, 5.41) is 13.9. The number of methoxy groups -OCH3 is 1. The summed E-state index contributed by atoms with van der Waals surface area (Å²) in [6.45, 7) is 13.3. The fourth-order valence-corrected chi connectivity index (χ4v) is 6.00. The zero-order chi connectivity index (χ0) is 32.3. The lowest BCUT2D eigenvalue weighted by Gasteiger charge is -2.12. The van der Waals surface area contributed by atoms with E-state index in [9.17, 15) is 24.3 Å². The number of H-pyrrole nitrogens is 2. The molecule has 4 N–H and O–H groups in total. The lowest BCUT2D eigenvalue weighted by Crippen LogP contribution is -2.30. The molecule has 232 valence electrons. The molecule has 2 amide bonds. The number of aliphatic carboxylic acids is 1. The first-order valence-corrected chi connectivity index (χ1v) is 14.7. The minimum atomic E-state index is -0.907. The molecule has 10 heteroatoms. The van der Waals surface area contributed by atoms with Gasteiger partial charge < -0.3 is 25.1 Å². The number of aromatic nitrogens is 2. The van der Waals surface area contributed by atoms with Gasteiger partial charge in [-0.2, -0.15) is 0 Å². The fourth-order valence-electron chi connectivity index (χ4n) is 6.00. The van der Waals surface area contributed by atoms with Crippen molar-refractivity contribution in [2.24, 2.45) is 10.9 Å². The van der Waals surface area contributed by atoms with Crippen LogP contribution >= 0.6 is 0 Å². The third kappa shape index (κ3) is 6.44. The molecule has 44 heavy (non-hydrogen) atoms. The molecule has 10 nitrogen and oxygen atoms in total. The number of esters is 1. The van der Waals surface area contributed by atoms with Crippen LogP contribution in [0.4, 0.5) is 0 Å². The van der Waals surface area contributed by atoms with Crippen molar-refractivity contribution in [2.75, 3.05) is 7.11 Å². The maximum atomic E-state index is 12.4. The van der Waals surface area contributed by atoms with Crippen LogP contribution in [0, 0.1) is 19.8 Å². The molecule has 2 aliphatic heterocycles. The second-order valence-electron chi connectivity index (χ2n) is 11.3. The fraction of sp³-hybridized carbons (Fsp3) is 0.382. The largest absolute Gasteiger partial charge is 0.481 e. The van der Waals surface area contributed by atoms with E-state index in [0.717, 1.165) is 55.5 Å². The third-order valence-electron chi connectivity index (χ3n) is 8.72. The van der Waals surface area contributed by atoms with Gasteiger partial charge in [0.05, 0.1) is 24.8 Å². The smallest absolute Gasteiger partial charge is 0.305 e. The van der Waals surface area contributed by atoms with E-state index in [1.54, 1.807) is 6.08 Å². The van der Waals surface area contributed by atoms with Crippen molar-refractivity contribution >= 4 is 41.6 Å². The number of carbonyl (C=O) groups is 4. The van der Waals surface area contributed by atoms with Crippen molar-refractivity contribution in [1.82, 2.24) is 15.3 Å². The Balaban J connectivity index is 1.86. The van der Waals surface area contributed by atoms with Gasteiger partial charge in [0.25, 0.3) is 11.8 Å². The maximum absolute atomic E-state index is 12.4. The van der Waals surface area contributed by atoms with Crippen LogP contribution in [0.2, 0.25) is 0 Å². The monoisotopic (exact) mass is 600 g/mol. The summed E-state index contributed by atoms with van der Waals surface area (Å²) in [7, 11) is 1.36. The van der Waals surface area contributed by atoms with Crippen LogP contribution in [0.3, 0.4) is 0 Å². The summed E-state index contributed by atoms with van der Waals surface area (Å²) < 4.78 is 4.90. The number of amides is 2. The van der Waals surface area contributed by atoms with E-state index in [1.807, 2.05) is 52.8 Å². The topological polar surface area (TPSA) is 154 Å². The summed E-state index contributed by atoms with van der Waals surface area (Å²) in [5.41, 5.74) is 8.23. The lowest BCUT2D eigenvalue weighted by molar-refractivity contribution is -0.140. The summed E-state index contributed by atoms with van der Waals surface area (Å²) in [6, 6.07) is -0.202. The summed E-state index contributed by atoms with van der Waals surface area (Å²) in [6.07, 6.45) is 8.61. The van der Waals surface area contributed by atoms with Gasteiger partial charge in [-0.05, 0) is 93.0 Å². The highest BCUT2D eigenvalue weighted by molar-refractivity contribution is 6.29. The molecule has 4 heterocycles. The predicted octanol–water partition coefficient (Wildman–Crippen LogP) is 2.80. The first kappa shape index (κ1) is 32.2. The Hall–Kier alpha value is -4.73. The second kappa shape index (κ2) is 13.3. The number of aliphatic imine (C=N–C) groups is 1. The number of carboxylic acid groups (broad SMARTS) is 1. The predicted molar refractivity (Wildman–Crippen MR) is 169 cm³/mol. The Labute approximate surface area is 256 Å². The SMILES string of the molecule is C=CC1=C(C)[C@@H](Cc2[nH]c(/C=c3/[nH]/c(=C/C4=NC(=O)C(C)/C4=C\C)c(C)c3CCC(=O)O)c(CCC(=O)OC)c2C)NC1=O. The van der Waals surface area contributed by atoms with E-state index in [1.165, 1.54) is 7.11 Å². The van der Waals surface area contributed by atoms with E-state index in [2.05, 4.69) is 26.9 Å². The van der Waals surface area contributed by atoms with Crippen molar-refractivity contribution in [1.29, 1.82) is 0 Å². The van der Waals surface area contributed by atoms with Crippen LogP contribution < -0.4 is 16.0 Å². The van der Waals surface area contributed by atoms with Crippen LogP contribution in [0.25, 0.3) is 12.2 Å². The number of nitrogens with zero attached hydrogens (tertiary/aromatic N) is 1. The molecule has 2 atom stereocenters. The highest BCUT2D eigenvalue weighted by atomic mass is 16.5. The van der Waals surface area contributed by atoms with Gasteiger partial charge in [0.1, 0.15) is 0 Å². The van der Waals surface area contributed by atoms with Gasteiger partial charge >= 0.3 is 11.9 Å². The molecule has 2 aromatic rings. The second-order valence-corrected chi connectivity index (χ2v) is 11.3. The minimum absolute atomic E-state index is 0.0572. The first-order valence-electron chi connectivity index (χ1n) is 14.7. The Morgan fingerprint density at radius 1 is 1.02 bits per heavy atom. The summed E-state index contributed by atoms with van der Waals surface area (Å²) in [4.78, 5) is 59.6. The van der Waals surface area contributed by atoms with Crippen LogP contribution in [-0.4, -0.2) is 57.7 Å². The minimum Gasteiger partial charge on any atom is -0.481 e. The molecule has 0 spiro atoms. The molecule has 0 aliphatic carbocycles. The lowest BCUT2D eigenvalue weighted by atomic mass is 9.98. The van der Waals surface area contributed by atoms with Crippen LogP contribution in [-0.2, 0) is 43.2 Å². The number of hydrogen-bond donors (Lipinski definition) is 4. The molecule has 2 aliphatic rings. The molecular weight excluding hydrogens is 560 g/mol. The van der Waals surface area contributed by atoms with Gasteiger partial charge in [-0.15, -0.1) is 0 Å². The maximum Gasteiger partial charge on any atom is 0.305 e. The molecule has 0 radical (unpaired) electrons. The molecule has 0 bridgehead atoms. The van der Waals surface area contributed by atoms with Crippen molar-refractivity contribution < 1.29 is 29.0 Å². The quantitative estimate of drug-likeness (QED) is 0.291. The highest BCUT2D eigenvalue weighted by Gasteiger charge is 2.29. The van der Waals surface area contributed by atoms with E-state index >= 15 is 0 Å². The van der Waals surface area contributed by atoms with Gasteiger partial charge in [-0.1, -0.05) is 18.7 Å². The highest BCUT2D eigenvalue weighted by Crippen LogP contribution is 2.27. The molecule has 4 rings (SSSR count). The number of carboxylic acids is 1. The van der Waals surface area contributed by atoms with Crippen molar-refractivity contribution in [2.45, 2.75) is 72.8 Å². The molecule has 0 fully saturated rings. The molecule has 0 saturated heterocycles. The number of hydrogen-bond acceptors (Lipinski definition) is 5. The zero-order valence-electron chi connectivity index (χ0n) is 26.1. The Kier molecular flexibility index (Phi) is 9.71. The number of ether oxygens (including phenoxy) is 1. The average Bonchev–Trinajstić information content (AvgIpc) is 3.63. The molecule has 1 unspecified atom stereocenters. The molecule has 0 saturated carbocycles. The van der Waals surface area contributed by atoms with Crippen molar-refractivity contribution in [3.05, 3.63) is 79.8 Å². The van der Waals surface area contributed by atoms with E-state index in [0.29, 0.717) is 30.5 Å². The first-order chi connectivity index (χ1) is 20.9. The Bertz CT molecular complexity index is 1760. The van der Waals surface area contributed by atoms with Crippen molar-refractivity contribution in [3.63, 3.8) is 0 Å². The number of allylic oxidation sites excluding steroid dienone is 1. The molecule has 0 aromatic carbocycles. The third-order valence-corrected chi connectivity index (χ3v) is 8.72. The average molecular weight is 601 g/mol. The Morgan fingerprint density at radius 2 is 1.73 bits per heavy atom. The zero-order valence-corrected chi connectivity index (χ0v) is 26.1. The summed E-state index contributed by atoms with van der Waals surface area (Å²) in [5.74, 6) is -1.90. The van der Waals surface area contributed by atoms with E-state index in [4.69, 9.17) is 4.74 Å². The number of nitrogens with one attached hydrogen (secondary N) is 3.